The van der Waals surface area contributed by atoms with Crippen LogP contribution in [0.5, 0.6) is 0 Å². The molecule has 18 heavy (non-hydrogen) atoms. The number of allylic oxidation sites excluding steroid dienone is 1. The van der Waals surface area contributed by atoms with Crippen LogP contribution in [0.2, 0.25) is 0 Å². The standard InChI is InChI=1S/C12H17N2.2H2O.O.V/c1-3-9-5-6-10-4-2-8-14-12(10)11(9)13-7-1;;;;/h1,3,7,9-12H,2,4-6,8H2;2*1H2;;/q-1;;;;+2/p-2. The first kappa shape index (κ1) is 14.1. The molecule has 0 aromatic heterocycles. The molecular formula is C12H19N2O3V-. The van der Waals surface area contributed by atoms with Crippen molar-refractivity contribution in [3.8, 4) is 0 Å². The van der Waals surface area contributed by atoms with E-state index < -0.39 is 15.8 Å². The zero-order valence-corrected chi connectivity index (χ0v) is 11.6. The molecule has 2 fully saturated rings. The van der Waals surface area contributed by atoms with Crippen LogP contribution in [0.4, 0.5) is 0 Å². The first-order chi connectivity index (χ1) is 8.68. The molecule has 4 atom stereocenters. The Morgan fingerprint density at radius 3 is 2.83 bits per heavy atom. The van der Waals surface area contributed by atoms with E-state index in [9.17, 15) is 0 Å². The van der Waals surface area contributed by atoms with Crippen molar-refractivity contribution in [1.29, 1.82) is 0 Å². The van der Waals surface area contributed by atoms with Gasteiger partial charge < -0.3 is 5.32 Å². The molecule has 0 spiro atoms. The number of rotatable bonds is 0. The zero-order chi connectivity index (χ0) is 13.0. The van der Waals surface area contributed by atoms with Gasteiger partial charge in [0, 0.05) is 12.3 Å². The third kappa shape index (κ3) is 3.59. The second-order valence-electron chi connectivity index (χ2n) is 4.97. The third-order valence-corrected chi connectivity index (χ3v) is 3.92. The Balaban J connectivity index is 0.000000267. The normalized spacial score (nSPS) is 37.0. The van der Waals surface area contributed by atoms with E-state index in [0.717, 1.165) is 12.5 Å². The predicted octanol–water partition coefficient (Wildman–Crippen LogP) is 1.32. The maximum absolute atomic E-state index is 8.78. The van der Waals surface area contributed by atoms with Crippen molar-refractivity contribution in [1.82, 2.24) is 0 Å². The van der Waals surface area contributed by atoms with E-state index in [2.05, 4.69) is 17.1 Å². The molecule has 2 heterocycles. The molecule has 1 aliphatic carbocycles. The number of aliphatic imine (C=N–C) groups is 1. The molecule has 5 nitrogen and oxygen atoms in total. The number of hydrogen-bond acceptors (Lipinski definition) is 2. The van der Waals surface area contributed by atoms with Gasteiger partial charge in [0.1, 0.15) is 0 Å². The topological polar surface area (TPSA) is 84.0 Å². The molecule has 0 radical (unpaired) electrons. The Hall–Kier alpha value is -0.326. The zero-order valence-electron chi connectivity index (χ0n) is 10.2. The summed E-state index contributed by atoms with van der Waals surface area (Å²) in [4.78, 5) is 4.63. The van der Waals surface area contributed by atoms with Crippen LogP contribution in [0.15, 0.2) is 17.1 Å². The van der Waals surface area contributed by atoms with Gasteiger partial charge in [0.15, 0.2) is 0 Å². The summed E-state index contributed by atoms with van der Waals surface area (Å²) in [6.07, 6.45) is 11.8. The molecule has 0 aromatic rings. The third-order valence-electron chi connectivity index (χ3n) is 3.92. The van der Waals surface area contributed by atoms with Crippen LogP contribution in [0.25, 0.3) is 5.32 Å². The Kier molecular flexibility index (Phi) is 5.27. The van der Waals surface area contributed by atoms with E-state index >= 15 is 0 Å². The molecule has 0 amide bonds. The first-order valence-electron chi connectivity index (χ1n) is 6.40. The van der Waals surface area contributed by atoms with Gasteiger partial charge in [0.25, 0.3) is 0 Å². The second-order valence-corrected chi connectivity index (χ2v) is 5.76. The Bertz CT molecular complexity index is 355. The minimum atomic E-state index is -3.44. The Morgan fingerprint density at radius 1 is 1.28 bits per heavy atom. The van der Waals surface area contributed by atoms with E-state index in [-0.39, 0.29) is 0 Å². The number of nitrogens with zero attached hydrogens (tertiary/aromatic N) is 2. The van der Waals surface area contributed by atoms with Crippen LogP contribution in [0.1, 0.15) is 25.7 Å². The molecule has 1 saturated carbocycles. The molecule has 3 rings (SSSR count). The maximum atomic E-state index is 8.78. The molecule has 2 N–H and O–H groups in total. The summed E-state index contributed by atoms with van der Waals surface area (Å²) >= 11 is -3.44. The van der Waals surface area contributed by atoms with Crippen molar-refractivity contribution >= 4 is 6.21 Å². The van der Waals surface area contributed by atoms with Crippen molar-refractivity contribution in [3.63, 3.8) is 0 Å². The van der Waals surface area contributed by atoms with Crippen molar-refractivity contribution in [3.05, 3.63) is 17.5 Å². The number of dihydropyridines is 1. The van der Waals surface area contributed by atoms with E-state index in [0.29, 0.717) is 18.0 Å². The van der Waals surface area contributed by atoms with Crippen LogP contribution >= 0.6 is 0 Å². The van der Waals surface area contributed by atoms with Gasteiger partial charge in [0.05, 0.1) is 0 Å². The fraction of sp³-hybridized carbons (Fsp3) is 0.750. The summed E-state index contributed by atoms with van der Waals surface area (Å²) in [6.45, 7) is 1.07. The average molecular weight is 290 g/mol. The summed E-state index contributed by atoms with van der Waals surface area (Å²) in [6, 6.07) is 1.03. The van der Waals surface area contributed by atoms with E-state index in [1.807, 2.05) is 6.21 Å². The molecular weight excluding hydrogens is 271 g/mol. The van der Waals surface area contributed by atoms with Gasteiger partial charge in [-0.25, -0.2) is 0 Å². The van der Waals surface area contributed by atoms with E-state index in [1.165, 1.54) is 25.7 Å². The molecule has 1 saturated heterocycles. The molecule has 101 valence electrons. The van der Waals surface area contributed by atoms with Gasteiger partial charge in [-0.1, -0.05) is 31.3 Å². The Morgan fingerprint density at radius 2 is 2.06 bits per heavy atom. The molecule has 2 aliphatic heterocycles. The fourth-order valence-electron chi connectivity index (χ4n) is 3.20. The molecule has 0 bridgehead atoms. The van der Waals surface area contributed by atoms with Gasteiger partial charge in [-0.05, 0) is 18.4 Å². The monoisotopic (exact) mass is 290 g/mol. The van der Waals surface area contributed by atoms with Crippen LogP contribution in [0, 0.1) is 11.8 Å². The Labute approximate surface area is 113 Å². The average Bonchev–Trinajstić information content (AvgIpc) is 2.38. The second kappa shape index (κ2) is 6.73. The number of fused-ring (bicyclic) bond motifs is 3. The van der Waals surface area contributed by atoms with Gasteiger partial charge in [-0.3, -0.25) is 4.99 Å². The van der Waals surface area contributed by atoms with Crippen LogP contribution < -0.4 is 0 Å². The molecule has 3 aliphatic rings. The molecule has 4 unspecified atom stereocenters. The van der Waals surface area contributed by atoms with Gasteiger partial charge in [-0.15, -0.1) is 12.6 Å². The van der Waals surface area contributed by atoms with Crippen LogP contribution in [-0.4, -0.2) is 32.9 Å². The van der Waals surface area contributed by atoms with Crippen molar-refractivity contribution in [2.75, 3.05) is 6.54 Å². The van der Waals surface area contributed by atoms with Gasteiger partial charge in [-0.2, -0.15) is 0 Å². The van der Waals surface area contributed by atoms with Gasteiger partial charge in [0.2, 0.25) is 0 Å². The van der Waals surface area contributed by atoms with E-state index in [1.54, 1.807) is 0 Å². The van der Waals surface area contributed by atoms with Crippen molar-refractivity contribution < 1.29 is 27.5 Å². The number of piperidine rings is 1. The van der Waals surface area contributed by atoms with E-state index in [4.69, 9.17) is 17.1 Å². The summed E-state index contributed by atoms with van der Waals surface area (Å²) in [7, 11) is 0. The van der Waals surface area contributed by atoms with Gasteiger partial charge >= 0.3 is 27.5 Å². The van der Waals surface area contributed by atoms with Crippen molar-refractivity contribution in [2.24, 2.45) is 16.8 Å². The number of hydrogen-bond donors (Lipinski definition) is 2. The van der Waals surface area contributed by atoms with Crippen molar-refractivity contribution in [2.45, 2.75) is 37.8 Å². The molecule has 6 heteroatoms. The van der Waals surface area contributed by atoms with Crippen LogP contribution in [0.3, 0.4) is 0 Å². The van der Waals surface area contributed by atoms with Crippen LogP contribution in [-0.2, 0) is 19.5 Å². The summed E-state index contributed by atoms with van der Waals surface area (Å²) in [5.74, 6) is 1.52. The summed E-state index contributed by atoms with van der Waals surface area (Å²) in [5, 5.41) is 4.79. The minimum absolute atomic E-state index is 0.485. The SMILES string of the molecule is C1=CC2CCC3CCC[N-]C3C2N=C1.[O]=[V]([OH])[OH]. The fourth-order valence-corrected chi connectivity index (χ4v) is 3.20. The summed E-state index contributed by atoms with van der Waals surface area (Å²) < 4.78 is 23.2. The predicted molar refractivity (Wildman–Crippen MR) is 64.0 cm³/mol. The summed E-state index contributed by atoms with van der Waals surface area (Å²) in [5.41, 5.74) is 0. The molecule has 0 aromatic carbocycles. The quantitative estimate of drug-likeness (QED) is 0.705. The first-order valence-corrected chi connectivity index (χ1v) is 8.22.